The highest BCUT2D eigenvalue weighted by Gasteiger charge is 2.33. The van der Waals surface area contributed by atoms with Gasteiger partial charge in [-0.15, -0.1) is 0 Å². The Kier molecular flexibility index (Phi) is 4.64. The third-order valence-corrected chi connectivity index (χ3v) is 5.37. The van der Waals surface area contributed by atoms with Crippen LogP contribution in [0.2, 0.25) is 0 Å². The first kappa shape index (κ1) is 14.7. The summed E-state index contributed by atoms with van der Waals surface area (Å²) in [6.45, 7) is 4.78. The number of halogens is 3. The van der Waals surface area contributed by atoms with Crippen LogP contribution in [0.5, 0.6) is 0 Å². The molecular formula is C9H17F3O2S. The smallest absolute Gasteiger partial charge is 0.228 e. The molecule has 0 heterocycles. The van der Waals surface area contributed by atoms with Crippen LogP contribution in [0.1, 0.15) is 40.0 Å². The van der Waals surface area contributed by atoms with Crippen LogP contribution in [-0.4, -0.2) is 25.1 Å². The van der Waals surface area contributed by atoms with Gasteiger partial charge in [-0.1, -0.05) is 6.92 Å². The van der Waals surface area contributed by atoms with Gasteiger partial charge in [0.2, 0.25) is 0 Å². The predicted octanol–water partition coefficient (Wildman–Crippen LogP) is 2.93. The highest BCUT2D eigenvalue weighted by molar-refractivity contribution is 7.92. The van der Waals surface area contributed by atoms with Crippen LogP contribution in [0.3, 0.4) is 0 Å². The third-order valence-electron chi connectivity index (χ3n) is 2.57. The average Bonchev–Trinajstić information content (AvgIpc) is 2.01. The molecule has 0 aromatic carbocycles. The molecule has 0 spiro atoms. The zero-order valence-electron chi connectivity index (χ0n) is 9.19. The van der Waals surface area contributed by atoms with E-state index in [9.17, 15) is 21.6 Å². The quantitative estimate of drug-likeness (QED) is 0.747. The molecule has 0 rings (SSSR count). The van der Waals surface area contributed by atoms with Crippen LogP contribution < -0.4 is 0 Å². The highest BCUT2D eigenvalue weighted by Crippen LogP contribution is 2.25. The molecule has 0 atom stereocenters. The van der Waals surface area contributed by atoms with Gasteiger partial charge < -0.3 is 0 Å². The van der Waals surface area contributed by atoms with Crippen molar-refractivity contribution >= 4 is 9.84 Å². The van der Waals surface area contributed by atoms with E-state index in [4.69, 9.17) is 0 Å². The van der Waals surface area contributed by atoms with E-state index in [2.05, 4.69) is 0 Å². The second-order valence-corrected chi connectivity index (χ2v) is 6.89. The molecule has 0 aromatic rings. The van der Waals surface area contributed by atoms with Crippen molar-refractivity contribution in [3.63, 3.8) is 0 Å². The van der Waals surface area contributed by atoms with Crippen molar-refractivity contribution < 1.29 is 21.6 Å². The minimum absolute atomic E-state index is 0.352. The summed E-state index contributed by atoms with van der Waals surface area (Å²) in [7, 11) is -3.43. The van der Waals surface area contributed by atoms with Crippen LogP contribution in [0.15, 0.2) is 0 Å². The molecule has 0 saturated heterocycles. The van der Waals surface area contributed by atoms with E-state index in [1.807, 2.05) is 0 Å². The van der Waals surface area contributed by atoms with Crippen LogP contribution >= 0.6 is 0 Å². The first-order chi connectivity index (χ1) is 6.52. The summed E-state index contributed by atoms with van der Waals surface area (Å²) in [4.78, 5) is 0. The SMILES string of the molecule is CCC(C)(C)S(=O)(=O)CCCC(F)(F)F. The zero-order valence-corrected chi connectivity index (χ0v) is 10.0. The molecule has 15 heavy (non-hydrogen) atoms. The van der Waals surface area contributed by atoms with Crippen molar-refractivity contribution in [3.8, 4) is 0 Å². The van der Waals surface area contributed by atoms with E-state index in [1.165, 1.54) is 13.8 Å². The minimum Gasteiger partial charge on any atom is -0.228 e. The van der Waals surface area contributed by atoms with Crippen LogP contribution in [0.4, 0.5) is 13.2 Å². The Balaban J connectivity index is 4.31. The minimum atomic E-state index is -4.27. The van der Waals surface area contributed by atoms with Crippen LogP contribution in [-0.2, 0) is 9.84 Å². The number of rotatable bonds is 5. The maximum absolute atomic E-state index is 11.8. The van der Waals surface area contributed by atoms with Gasteiger partial charge in [0.15, 0.2) is 9.84 Å². The predicted molar refractivity (Wildman–Crippen MR) is 53.4 cm³/mol. The van der Waals surface area contributed by atoms with E-state index >= 15 is 0 Å². The van der Waals surface area contributed by atoms with Crippen LogP contribution in [0, 0.1) is 0 Å². The fourth-order valence-electron chi connectivity index (χ4n) is 0.959. The van der Waals surface area contributed by atoms with Gasteiger partial charge in [0.05, 0.1) is 10.5 Å². The number of hydrogen-bond acceptors (Lipinski definition) is 2. The van der Waals surface area contributed by atoms with E-state index < -0.39 is 32.9 Å². The lowest BCUT2D eigenvalue weighted by atomic mass is 10.1. The van der Waals surface area contributed by atoms with Crippen molar-refractivity contribution in [2.24, 2.45) is 0 Å². The van der Waals surface area contributed by atoms with E-state index in [1.54, 1.807) is 6.92 Å². The Morgan fingerprint density at radius 1 is 1.13 bits per heavy atom. The zero-order chi connectivity index (χ0) is 12.3. The molecule has 0 fully saturated rings. The Labute approximate surface area is 88.8 Å². The molecule has 0 radical (unpaired) electrons. The number of hydrogen-bond donors (Lipinski definition) is 0. The molecule has 0 amide bonds. The second kappa shape index (κ2) is 4.72. The van der Waals surface area contributed by atoms with Gasteiger partial charge in [-0.2, -0.15) is 13.2 Å². The molecule has 0 N–H and O–H groups in total. The molecule has 92 valence electrons. The average molecular weight is 246 g/mol. The number of sulfone groups is 1. The summed E-state index contributed by atoms with van der Waals surface area (Å²) in [6.07, 6.45) is -5.26. The van der Waals surface area contributed by atoms with Crippen molar-refractivity contribution in [1.29, 1.82) is 0 Å². The largest absolute Gasteiger partial charge is 0.389 e. The molecule has 0 bridgehead atoms. The standard InChI is InChI=1S/C9H17F3O2S/c1-4-8(2,3)15(13,14)7-5-6-9(10,11)12/h4-7H2,1-3H3. The molecule has 2 nitrogen and oxygen atoms in total. The summed E-state index contributed by atoms with van der Waals surface area (Å²) in [5.41, 5.74) is 0. The molecule has 6 heteroatoms. The van der Waals surface area contributed by atoms with Gasteiger partial charge in [0.25, 0.3) is 0 Å². The lowest BCUT2D eigenvalue weighted by Crippen LogP contribution is -2.33. The van der Waals surface area contributed by atoms with E-state index in [0.29, 0.717) is 6.42 Å². The van der Waals surface area contributed by atoms with E-state index in [-0.39, 0.29) is 6.42 Å². The number of alkyl halides is 3. The van der Waals surface area contributed by atoms with Gasteiger partial charge in [-0.05, 0) is 26.7 Å². The Bertz CT molecular complexity index is 291. The summed E-state index contributed by atoms with van der Waals surface area (Å²) >= 11 is 0. The molecule has 0 aliphatic rings. The van der Waals surface area contributed by atoms with Gasteiger partial charge in [-0.3, -0.25) is 0 Å². The Morgan fingerprint density at radius 2 is 1.60 bits per heavy atom. The fraction of sp³-hybridized carbons (Fsp3) is 1.00. The van der Waals surface area contributed by atoms with Gasteiger partial charge in [0.1, 0.15) is 0 Å². The summed E-state index contributed by atoms with van der Waals surface area (Å²) in [5, 5.41) is 0. The topological polar surface area (TPSA) is 34.1 Å². The summed E-state index contributed by atoms with van der Waals surface area (Å²) < 4.78 is 57.7. The lowest BCUT2D eigenvalue weighted by Gasteiger charge is -2.22. The first-order valence-corrected chi connectivity index (χ1v) is 6.46. The van der Waals surface area contributed by atoms with Crippen molar-refractivity contribution in [2.75, 3.05) is 5.75 Å². The Morgan fingerprint density at radius 3 is 1.93 bits per heavy atom. The van der Waals surface area contributed by atoms with Crippen molar-refractivity contribution in [2.45, 2.75) is 51.0 Å². The summed E-state index contributed by atoms with van der Waals surface area (Å²) in [6, 6.07) is 0. The molecule has 0 unspecified atom stereocenters. The Hall–Kier alpha value is -0.260. The highest BCUT2D eigenvalue weighted by atomic mass is 32.2. The second-order valence-electron chi connectivity index (χ2n) is 4.15. The summed E-state index contributed by atoms with van der Waals surface area (Å²) in [5.74, 6) is -0.395. The van der Waals surface area contributed by atoms with Gasteiger partial charge >= 0.3 is 6.18 Å². The van der Waals surface area contributed by atoms with Crippen LogP contribution in [0.25, 0.3) is 0 Å². The lowest BCUT2D eigenvalue weighted by molar-refractivity contribution is -0.134. The molecule has 0 aliphatic carbocycles. The first-order valence-electron chi connectivity index (χ1n) is 4.81. The van der Waals surface area contributed by atoms with Gasteiger partial charge in [-0.25, -0.2) is 8.42 Å². The maximum atomic E-state index is 11.8. The molecule has 0 aromatic heterocycles. The molecular weight excluding hydrogens is 229 g/mol. The fourth-order valence-corrected chi connectivity index (χ4v) is 2.48. The van der Waals surface area contributed by atoms with Crippen molar-refractivity contribution in [3.05, 3.63) is 0 Å². The molecule has 0 saturated carbocycles. The maximum Gasteiger partial charge on any atom is 0.389 e. The molecule has 0 aliphatic heterocycles. The van der Waals surface area contributed by atoms with E-state index in [0.717, 1.165) is 0 Å². The van der Waals surface area contributed by atoms with Crippen molar-refractivity contribution in [1.82, 2.24) is 0 Å². The normalized spacial score (nSPS) is 14.3. The monoisotopic (exact) mass is 246 g/mol. The third kappa shape index (κ3) is 4.86. The van der Waals surface area contributed by atoms with Gasteiger partial charge in [0, 0.05) is 6.42 Å².